The van der Waals surface area contributed by atoms with Gasteiger partial charge in [-0.1, -0.05) is 0 Å². The Morgan fingerprint density at radius 3 is 0.100 bits per heavy atom. The fourth-order valence-electron chi connectivity index (χ4n) is 0. The molecule has 0 aromatic carbocycles. The molecule has 30 heavy (non-hydrogen) atoms. The van der Waals surface area contributed by atoms with Crippen LogP contribution in [-0.4, -0.2) is 616 Å². The van der Waals surface area contributed by atoms with E-state index in [-0.39, 0.29) is 656 Å². The molecule has 0 rings (SSSR count). The zero-order valence-corrected chi connectivity index (χ0v) is 48.8. The molecule has 0 radical (unpaired) electrons. The van der Waals surface area contributed by atoms with Gasteiger partial charge >= 0.3 is 528 Å². The molecule has 16 nitrogen and oxygen atoms in total. The molecule has 32 N–H and O–H groups in total. The standard InChI is InChI=1S/14Ca.16H2O.28H/h;;;;;;;;;;;;;;16*1H2;;;;;;;;;;;;;;;;;;;;;;;;;;;;/q14*+2;;;;;;;;;;;;;;;;;28*-1. The van der Waals surface area contributed by atoms with Crippen molar-refractivity contribution in [1.82, 2.24) is 0 Å². The molecule has 0 aliphatic heterocycles. The van der Waals surface area contributed by atoms with E-state index in [9.17, 15) is 0 Å². The number of rotatable bonds is 0. The third-order valence-electron chi connectivity index (χ3n) is 0. The maximum atomic E-state index is 0. The van der Waals surface area contributed by atoms with Crippen molar-refractivity contribution < 1.29 is 128 Å². The van der Waals surface area contributed by atoms with Crippen LogP contribution in [0.3, 0.4) is 0 Å². The Balaban J connectivity index is 0. The van der Waals surface area contributed by atoms with Crippen molar-refractivity contribution in [1.29, 1.82) is 0 Å². The quantitative estimate of drug-likeness (QED) is 0.205. The Morgan fingerprint density at radius 2 is 0.100 bits per heavy atom. The van der Waals surface area contributed by atoms with Gasteiger partial charge in [-0.3, -0.25) is 0 Å². The van der Waals surface area contributed by atoms with E-state index in [0.29, 0.717) is 0 Å². The van der Waals surface area contributed by atoms with E-state index < -0.39 is 0 Å². The Hall–Kier alpha value is 17.0. The predicted octanol–water partition coefficient (Wildman–Crippen LogP) is -15.4. The van der Waals surface area contributed by atoms with Gasteiger partial charge in [-0.2, -0.15) is 0 Å². The summed E-state index contributed by atoms with van der Waals surface area (Å²) in [5.41, 5.74) is 0. The summed E-state index contributed by atoms with van der Waals surface area (Å²) >= 11 is 0. The largest absolute Gasteiger partial charge is 2.00 e. The van der Waals surface area contributed by atoms with Crippen molar-refractivity contribution in [2.24, 2.45) is 0 Å². The Labute approximate surface area is 636 Å². The van der Waals surface area contributed by atoms with Gasteiger partial charge in [0.1, 0.15) is 0 Å². The van der Waals surface area contributed by atoms with Crippen LogP contribution in [0.4, 0.5) is 0 Å². The maximum absolute atomic E-state index is 0. The topological polar surface area (TPSA) is 504 Å². The van der Waals surface area contributed by atoms with E-state index >= 15 is 0 Å². The molecule has 0 saturated heterocycles. The summed E-state index contributed by atoms with van der Waals surface area (Å²) in [7, 11) is 0. The van der Waals surface area contributed by atoms with Gasteiger partial charge in [-0.15, -0.1) is 0 Å². The average Bonchev–Trinajstić information content (AvgIpc) is 0. The average molecular weight is 878 g/mol. The van der Waals surface area contributed by atoms with Crippen molar-refractivity contribution >= 4 is 528 Å². The minimum absolute atomic E-state index is 0. The van der Waals surface area contributed by atoms with Crippen molar-refractivity contribution in [3.05, 3.63) is 0 Å². The van der Waals surface area contributed by atoms with E-state index in [0.717, 1.165) is 0 Å². The van der Waals surface area contributed by atoms with Crippen LogP contribution in [0.25, 0.3) is 0 Å². The monoisotopic (exact) mass is 876 g/mol. The molecular formula is H60Ca14O16. The normalized spacial score (nSPS) is 0. The first kappa shape index (κ1) is 344. The smallest absolute Gasteiger partial charge is 1.00 e. The van der Waals surface area contributed by atoms with E-state index in [1.165, 1.54) is 0 Å². The van der Waals surface area contributed by atoms with Crippen molar-refractivity contribution in [2.75, 3.05) is 0 Å². The van der Waals surface area contributed by atoms with Gasteiger partial charge in [-0.25, -0.2) is 0 Å². The van der Waals surface area contributed by atoms with E-state index in [1.807, 2.05) is 0 Å². The summed E-state index contributed by atoms with van der Waals surface area (Å²) < 4.78 is 0. The molecule has 0 heterocycles. The maximum Gasteiger partial charge on any atom is 2.00 e. The summed E-state index contributed by atoms with van der Waals surface area (Å²) in [6.45, 7) is 0. The van der Waals surface area contributed by atoms with Crippen LogP contribution in [0.5, 0.6) is 0 Å². The van der Waals surface area contributed by atoms with E-state index in [2.05, 4.69) is 0 Å². The van der Waals surface area contributed by atoms with Crippen LogP contribution in [-0.2, 0) is 0 Å². The zero-order valence-electron chi connectivity index (χ0n) is 45.9. The van der Waals surface area contributed by atoms with Gasteiger partial charge in [0.15, 0.2) is 0 Å². The van der Waals surface area contributed by atoms with Crippen LogP contribution in [0.2, 0.25) is 0 Å². The first-order valence-electron chi connectivity index (χ1n) is 0. The minimum atomic E-state index is 0. The van der Waals surface area contributed by atoms with E-state index in [1.54, 1.807) is 0 Å². The first-order chi connectivity index (χ1) is 0. The predicted molar refractivity (Wildman–Crippen MR) is 170 cm³/mol. The second-order valence-corrected chi connectivity index (χ2v) is 0. The fraction of sp³-hybridized carbons (Fsp3) is 0. The third kappa shape index (κ3) is 302. The summed E-state index contributed by atoms with van der Waals surface area (Å²) in [6.07, 6.45) is 0. The zero-order chi connectivity index (χ0) is 0. The molecule has 0 unspecified atom stereocenters. The molecule has 0 amide bonds. The molecule has 0 bridgehead atoms. The molecule has 30 heteroatoms. The molecule has 0 saturated carbocycles. The van der Waals surface area contributed by atoms with Crippen LogP contribution in [0.1, 0.15) is 39.9 Å². The molecule has 184 valence electrons. The Morgan fingerprint density at radius 1 is 0.100 bits per heavy atom. The molecule has 0 fully saturated rings. The second kappa shape index (κ2) is 322. The summed E-state index contributed by atoms with van der Waals surface area (Å²) in [5.74, 6) is 0. The first-order valence-corrected chi connectivity index (χ1v) is 0. The molecule has 0 atom stereocenters. The van der Waals surface area contributed by atoms with Gasteiger partial charge < -0.3 is 128 Å². The Kier molecular flexibility index (Phi) is 3700. The van der Waals surface area contributed by atoms with Crippen molar-refractivity contribution in [2.45, 2.75) is 0 Å². The van der Waals surface area contributed by atoms with Gasteiger partial charge in [0.05, 0.1) is 0 Å². The van der Waals surface area contributed by atoms with Crippen LogP contribution >= 0.6 is 0 Å². The van der Waals surface area contributed by atoms with Crippen molar-refractivity contribution in [3.8, 4) is 0 Å². The SMILES string of the molecule is O.O.O.O.O.O.O.O.O.O.O.O.O.O.O.O.[Ca+2].[Ca+2].[Ca+2].[Ca+2].[Ca+2].[Ca+2].[Ca+2].[Ca+2].[Ca+2].[Ca+2].[Ca+2].[Ca+2].[Ca+2].[Ca+2].[H-].[H-].[H-].[H-].[H-].[H-].[H-].[H-].[H-].[H-].[H-].[H-].[H-].[H-].[H-].[H-].[H-].[H-].[H-].[H-].[H-].[H-].[H-].[H-].[H-].[H-].[H-].[H-]. The summed E-state index contributed by atoms with van der Waals surface area (Å²) in [4.78, 5) is 0. The van der Waals surface area contributed by atoms with Crippen LogP contribution < -0.4 is 0 Å². The molecule has 0 aliphatic carbocycles. The fourth-order valence-corrected chi connectivity index (χ4v) is 0. The van der Waals surface area contributed by atoms with Crippen molar-refractivity contribution in [3.63, 3.8) is 0 Å². The van der Waals surface area contributed by atoms with Gasteiger partial charge in [0.2, 0.25) is 0 Å². The summed E-state index contributed by atoms with van der Waals surface area (Å²) in [6, 6.07) is 0. The molecule has 0 aliphatic rings. The Bertz CT molecular complexity index is 87.9. The molecular weight excluding hydrogens is 817 g/mol. The molecule has 0 aromatic rings. The minimum Gasteiger partial charge on any atom is -1.00 e. The third-order valence-corrected chi connectivity index (χ3v) is 0. The molecule has 0 aromatic heterocycles. The number of hydrogen-bond acceptors (Lipinski definition) is 0. The van der Waals surface area contributed by atoms with Crippen LogP contribution in [0, 0.1) is 0 Å². The van der Waals surface area contributed by atoms with Gasteiger partial charge in [-0.05, 0) is 0 Å². The number of hydrogen-bond donors (Lipinski definition) is 0. The second-order valence-electron chi connectivity index (χ2n) is 0. The van der Waals surface area contributed by atoms with Gasteiger partial charge in [0.25, 0.3) is 0 Å². The molecule has 0 spiro atoms. The van der Waals surface area contributed by atoms with Gasteiger partial charge in [0, 0.05) is 0 Å². The summed E-state index contributed by atoms with van der Waals surface area (Å²) in [5, 5.41) is 0. The van der Waals surface area contributed by atoms with Crippen LogP contribution in [0.15, 0.2) is 0 Å². The van der Waals surface area contributed by atoms with E-state index in [4.69, 9.17) is 0 Å².